The summed E-state index contributed by atoms with van der Waals surface area (Å²) in [6.45, 7) is 0. The van der Waals surface area contributed by atoms with Crippen LogP contribution in [0.1, 0.15) is 28.2 Å². The zero-order valence-corrected chi connectivity index (χ0v) is 17.3. The molecular formula is C27H20Cl2. The van der Waals surface area contributed by atoms with Crippen LogP contribution in [0.3, 0.4) is 0 Å². The van der Waals surface area contributed by atoms with Gasteiger partial charge in [0.2, 0.25) is 0 Å². The van der Waals surface area contributed by atoms with Crippen LogP contribution in [0.4, 0.5) is 0 Å². The fourth-order valence-corrected chi connectivity index (χ4v) is 5.20. The van der Waals surface area contributed by atoms with E-state index in [2.05, 4.69) is 85.0 Å². The van der Waals surface area contributed by atoms with Gasteiger partial charge in [0.1, 0.15) is 0 Å². The second kappa shape index (κ2) is 7.37. The summed E-state index contributed by atoms with van der Waals surface area (Å²) >= 11 is 12.5. The van der Waals surface area contributed by atoms with E-state index < -0.39 is 0 Å². The first-order chi connectivity index (χ1) is 14.2. The van der Waals surface area contributed by atoms with Crippen molar-refractivity contribution in [3.05, 3.63) is 135 Å². The molecule has 142 valence electrons. The first kappa shape index (κ1) is 18.5. The molecule has 0 saturated heterocycles. The topological polar surface area (TPSA) is 0 Å². The van der Waals surface area contributed by atoms with Crippen molar-refractivity contribution >= 4 is 29.3 Å². The smallest absolute Gasteiger partial charge is 0.0406 e. The Hall–Kier alpha value is -2.54. The molecule has 0 radical (unpaired) electrons. The van der Waals surface area contributed by atoms with E-state index in [-0.39, 0.29) is 17.3 Å². The molecule has 0 heterocycles. The van der Waals surface area contributed by atoms with Crippen LogP contribution in [0.25, 0.3) is 6.08 Å². The lowest BCUT2D eigenvalue weighted by Crippen LogP contribution is -2.39. The Balaban J connectivity index is 1.83. The lowest BCUT2D eigenvalue weighted by molar-refractivity contribution is 0.401. The van der Waals surface area contributed by atoms with Gasteiger partial charge >= 0.3 is 0 Å². The Labute approximate surface area is 181 Å². The van der Waals surface area contributed by atoms with E-state index in [1.165, 1.54) is 22.3 Å². The van der Waals surface area contributed by atoms with Crippen LogP contribution in [0.5, 0.6) is 0 Å². The zero-order chi connectivity index (χ0) is 19.8. The molecule has 3 aromatic rings. The van der Waals surface area contributed by atoms with E-state index in [4.69, 9.17) is 23.2 Å². The monoisotopic (exact) mass is 414 g/mol. The third-order valence-electron chi connectivity index (χ3n) is 6.21. The minimum atomic E-state index is -0.304. The van der Waals surface area contributed by atoms with Crippen LogP contribution >= 0.6 is 23.2 Å². The summed E-state index contributed by atoms with van der Waals surface area (Å²) in [6.07, 6.45) is 13.5. The van der Waals surface area contributed by atoms with Gasteiger partial charge in [0.25, 0.3) is 0 Å². The van der Waals surface area contributed by atoms with Gasteiger partial charge in [0.15, 0.2) is 0 Å². The Kier molecular flexibility index (Phi) is 4.70. The van der Waals surface area contributed by atoms with E-state index in [1.807, 2.05) is 24.3 Å². The fraction of sp³-hybridized carbons (Fsp3) is 0.111. The van der Waals surface area contributed by atoms with Crippen LogP contribution in [-0.4, -0.2) is 0 Å². The van der Waals surface area contributed by atoms with Gasteiger partial charge in [-0.3, -0.25) is 0 Å². The highest BCUT2D eigenvalue weighted by molar-refractivity contribution is 6.30. The van der Waals surface area contributed by atoms with Gasteiger partial charge < -0.3 is 0 Å². The average Bonchev–Trinajstić information content (AvgIpc) is 3.42. The molecule has 2 heteroatoms. The quantitative estimate of drug-likeness (QED) is 0.407. The van der Waals surface area contributed by atoms with Gasteiger partial charge in [-0.15, -0.1) is 0 Å². The number of allylic oxidation sites excluding steroid dienone is 5. The molecule has 0 spiro atoms. The van der Waals surface area contributed by atoms with Crippen molar-refractivity contribution in [2.75, 3.05) is 0 Å². The first-order valence-electron chi connectivity index (χ1n) is 9.84. The summed E-state index contributed by atoms with van der Waals surface area (Å²) in [5, 5.41) is 1.50. The molecule has 5 rings (SSSR count). The van der Waals surface area contributed by atoms with Crippen LogP contribution < -0.4 is 0 Å². The molecule has 2 aliphatic rings. The van der Waals surface area contributed by atoms with Crippen LogP contribution in [-0.2, 0) is 5.41 Å². The van der Waals surface area contributed by atoms with Crippen molar-refractivity contribution in [3.8, 4) is 0 Å². The predicted molar refractivity (Wildman–Crippen MR) is 124 cm³/mol. The summed E-state index contributed by atoms with van der Waals surface area (Å²) in [5.41, 5.74) is 4.83. The van der Waals surface area contributed by atoms with Crippen molar-refractivity contribution in [3.63, 3.8) is 0 Å². The van der Waals surface area contributed by atoms with Crippen LogP contribution in [0, 0.1) is 5.92 Å². The van der Waals surface area contributed by atoms with Crippen molar-refractivity contribution in [2.45, 2.75) is 11.3 Å². The van der Waals surface area contributed by atoms with Crippen molar-refractivity contribution in [1.29, 1.82) is 0 Å². The largest absolute Gasteiger partial charge is 0.0843 e. The molecule has 0 amide bonds. The van der Waals surface area contributed by atoms with Crippen LogP contribution in [0.15, 0.2) is 103 Å². The zero-order valence-electron chi connectivity index (χ0n) is 15.8. The van der Waals surface area contributed by atoms with E-state index in [0.29, 0.717) is 0 Å². The predicted octanol–water partition coefficient (Wildman–Crippen LogP) is 7.83. The highest BCUT2D eigenvalue weighted by Gasteiger charge is 2.48. The highest BCUT2D eigenvalue weighted by Crippen LogP contribution is 2.55. The van der Waals surface area contributed by atoms with Crippen molar-refractivity contribution < 1.29 is 0 Å². The first-order valence-corrected chi connectivity index (χ1v) is 10.6. The molecule has 1 unspecified atom stereocenters. The molecule has 1 atom stereocenters. The maximum atomic E-state index is 6.27. The van der Waals surface area contributed by atoms with Gasteiger partial charge in [-0.1, -0.05) is 108 Å². The third-order valence-corrected chi connectivity index (χ3v) is 6.71. The second-order valence-corrected chi connectivity index (χ2v) is 8.52. The Morgan fingerprint density at radius 2 is 1.17 bits per heavy atom. The number of rotatable bonds is 4. The van der Waals surface area contributed by atoms with E-state index in [0.717, 1.165) is 10.0 Å². The molecule has 0 nitrogen and oxygen atoms in total. The molecule has 0 bridgehead atoms. The molecule has 0 fully saturated rings. The second-order valence-electron chi connectivity index (χ2n) is 7.64. The molecule has 0 N–H and O–H groups in total. The van der Waals surface area contributed by atoms with Crippen molar-refractivity contribution in [1.82, 2.24) is 0 Å². The normalized spacial score (nSPS) is 17.8. The number of hydrogen-bond donors (Lipinski definition) is 0. The highest BCUT2D eigenvalue weighted by atomic mass is 35.5. The minimum absolute atomic E-state index is 0.193. The van der Waals surface area contributed by atoms with Crippen molar-refractivity contribution in [2.24, 2.45) is 5.92 Å². The Bertz CT molecular complexity index is 1060. The minimum Gasteiger partial charge on any atom is -0.0843 e. The molecule has 3 aromatic carbocycles. The molecular weight excluding hydrogens is 395 g/mol. The maximum absolute atomic E-state index is 6.27. The molecule has 29 heavy (non-hydrogen) atoms. The Morgan fingerprint density at radius 3 is 1.76 bits per heavy atom. The van der Waals surface area contributed by atoms with E-state index in [1.54, 1.807) is 0 Å². The van der Waals surface area contributed by atoms with Gasteiger partial charge in [-0.25, -0.2) is 0 Å². The summed E-state index contributed by atoms with van der Waals surface area (Å²) in [6, 6.07) is 25.4. The summed E-state index contributed by atoms with van der Waals surface area (Å²) < 4.78 is 0. The number of hydrogen-bond acceptors (Lipinski definition) is 0. The molecule has 0 aliphatic heterocycles. The fourth-order valence-electron chi connectivity index (χ4n) is 4.95. The Morgan fingerprint density at radius 1 is 0.621 bits per heavy atom. The van der Waals surface area contributed by atoms with Crippen LogP contribution in [0.2, 0.25) is 10.0 Å². The lowest BCUT2D eigenvalue weighted by Gasteiger charge is -2.44. The van der Waals surface area contributed by atoms with Gasteiger partial charge in [-0.2, -0.15) is 0 Å². The number of halogens is 2. The SMILES string of the molecule is Clc1ccc(C(c2ccc(Cl)cc2)(C2C=CC=C2)C2C=Cc3ccccc32)cc1. The molecule has 2 aliphatic carbocycles. The summed E-state index contributed by atoms with van der Waals surface area (Å²) in [4.78, 5) is 0. The number of fused-ring (bicyclic) bond motifs is 1. The van der Waals surface area contributed by atoms with Gasteiger partial charge in [-0.05, 0) is 46.5 Å². The summed E-state index contributed by atoms with van der Waals surface area (Å²) in [5.74, 6) is 0.407. The van der Waals surface area contributed by atoms with Gasteiger partial charge in [0, 0.05) is 27.3 Å². The number of benzene rings is 3. The average molecular weight is 415 g/mol. The van der Waals surface area contributed by atoms with E-state index >= 15 is 0 Å². The standard InChI is InChI=1S/C27H20Cl2/c28-23-14-10-21(11-15-23)27(20-6-2-3-7-20,22-12-16-24(29)17-13-22)26-18-9-19-5-1-4-8-25(19)26/h1-18,20,26H. The lowest BCUT2D eigenvalue weighted by atomic mass is 9.58. The molecule has 0 aromatic heterocycles. The summed E-state index contributed by atoms with van der Waals surface area (Å²) in [7, 11) is 0. The van der Waals surface area contributed by atoms with Gasteiger partial charge in [0.05, 0.1) is 0 Å². The van der Waals surface area contributed by atoms with E-state index in [9.17, 15) is 0 Å². The maximum Gasteiger partial charge on any atom is 0.0406 e. The third kappa shape index (κ3) is 2.99. The molecule has 0 saturated carbocycles.